The number of carbonyl (C=O) groups excluding carboxylic acids is 1. The molecule has 1 amide bonds. The summed E-state index contributed by atoms with van der Waals surface area (Å²) in [5, 5.41) is 4.18. The van der Waals surface area contributed by atoms with Gasteiger partial charge in [-0.1, -0.05) is 36.0 Å². The van der Waals surface area contributed by atoms with Gasteiger partial charge in [0.25, 0.3) is 5.56 Å². The Labute approximate surface area is 206 Å². The summed E-state index contributed by atoms with van der Waals surface area (Å²) in [4.78, 5) is 33.5. The number of aromatic nitrogens is 2. The number of hydrogen-bond acceptors (Lipinski definition) is 6. The molecule has 6 nitrogen and oxygen atoms in total. The molecule has 8 heteroatoms. The first-order valence-corrected chi connectivity index (χ1v) is 13.1. The minimum absolute atomic E-state index is 0.0838. The maximum Gasteiger partial charge on any atom is 0.267 e. The van der Waals surface area contributed by atoms with Crippen molar-refractivity contribution in [1.82, 2.24) is 9.55 Å². The van der Waals surface area contributed by atoms with Crippen molar-refractivity contribution in [2.24, 2.45) is 0 Å². The number of thiophene rings is 1. The average Bonchev–Trinajstić information content (AvgIpc) is 3.23. The molecule has 2 aromatic carbocycles. The van der Waals surface area contributed by atoms with Gasteiger partial charge in [0.15, 0.2) is 5.16 Å². The molecule has 0 spiro atoms. The van der Waals surface area contributed by atoms with E-state index in [1.165, 1.54) is 16.6 Å². The summed E-state index contributed by atoms with van der Waals surface area (Å²) in [6, 6.07) is 15.1. The lowest BCUT2D eigenvalue weighted by molar-refractivity contribution is -0.113. The van der Waals surface area contributed by atoms with Crippen LogP contribution >= 0.6 is 23.1 Å². The summed E-state index contributed by atoms with van der Waals surface area (Å²) in [5.74, 6) is 0.655. The van der Waals surface area contributed by atoms with Crippen LogP contribution in [0, 0.1) is 6.92 Å². The fourth-order valence-corrected chi connectivity index (χ4v) is 6.41. The lowest BCUT2D eigenvalue weighted by Crippen LogP contribution is -2.23. The van der Waals surface area contributed by atoms with Crippen LogP contribution in [0.3, 0.4) is 0 Å². The van der Waals surface area contributed by atoms with Crippen molar-refractivity contribution in [2.75, 3.05) is 18.2 Å². The molecule has 174 valence electrons. The van der Waals surface area contributed by atoms with Crippen LogP contribution in [0.4, 0.5) is 5.69 Å². The van der Waals surface area contributed by atoms with Crippen molar-refractivity contribution in [3.05, 3.63) is 74.9 Å². The second kappa shape index (κ2) is 9.64. The third-order valence-electron chi connectivity index (χ3n) is 6.02. The molecule has 1 aliphatic carbocycles. The molecule has 0 saturated carbocycles. The molecule has 0 atom stereocenters. The maximum atomic E-state index is 13.8. The number of fused-ring (bicyclic) bond motifs is 3. The van der Waals surface area contributed by atoms with Crippen LogP contribution in [-0.2, 0) is 17.6 Å². The molecule has 34 heavy (non-hydrogen) atoms. The van der Waals surface area contributed by atoms with Crippen LogP contribution in [0.2, 0.25) is 0 Å². The molecule has 1 aliphatic rings. The van der Waals surface area contributed by atoms with E-state index in [-0.39, 0.29) is 17.2 Å². The highest BCUT2D eigenvalue weighted by molar-refractivity contribution is 7.99. The number of nitrogens with zero attached hydrogens (tertiary/aromatic N) is 2. The van der Waals surface area contributed by atoms with Gasteiger partial charge in [-0.25, -0.2) is 4.98 Å². The highest BCUT2D eigenvalue weighted by Crippen LogP contribution is 2.35. The predicted molar refractivity (Wildman–Crippen MR) is 139 cm³/mol. The number of hydrogen-bond donors (Lipinski definition) is 1. The van der Waals surface area contributed by atoms with E-state index >= 15 is 0 Å². The van der Waals surface area contributed by atoms with E-state index in [1.807, 2.05) is 55.5 Å². The van der Waals surface area contributed by atoms with Gasteiger partial charge in [0.2, 0.25) is 5.91 Å². The van der Waals surface area contributed by atoms with Gasteiger partial charge in [-0.2, -0.15) is 0 Å². The van der Waals surface area contributed by atoms with Crippen molar-refractivity contribution in [3.63, 3.8) is 0 Å². The lowest BCUT2D eigenvalue weighted by atomic mass is 9.97. The normalized spacial score (nSPS) is 13.0. The van der Waals surface area contributed by atoms with Gasteiger partial charge in [0.1, 0.15) is 10.6 Å². The Balaban J connectivity index is 1.55. The summed E-state index contributed by atoms with van der Waals surface area (Å²) in [7, 11) is 1.60. The minimum atomic E-state index is -0.142. The third kappa shape index (κ3) is 4.35. The maximum absolute atomic E-state index is 13.8. The Kier molecular flexibility index (Phi) is 6.43. The van der Waals surface area contributed by atoms with Crippen molar-refractivity contribution in [2.45, 2.75) is 37.8 Å². The molecule has 2 heterocycles. The predicted octanol–water partition coefficient (Wildman–Crippen LogP) is 5.37. The van der Waals surface area contributed by atoms with Crippen LogP contribution < -0.4 is 15.6 Å². The van der Waals surface area contributed by atoms with E-state index in [1.54, 1.807) is 23.0 Å². The summed E-state index contributed by atoms with van der Waals surface area (Å²) in [6.45, 7) is 1.96. The molecule has 0 fully saturated rings. The van der Waals surface area contributed by atoms with Gasteiger partial charge >= 0.3 is 0 Å². The Morgan fingerprint density at radius 3 is 2.82 bits per heavy atom. The third-order valence-corrected chi connectivity index (χ3v) is 8.15. The van der Waals surface area contributed by atoms with Crippen LogP contribution in [0.15, 0.2) is 58.5 Å². The topological polar surface area (TPSA) is 73.2 Å². The number of benzene rings is 2. The van der Waals surface area contributed by atoms with Crippen molar-refractivity contribution in [3.8, 4) is 11.4 Å². The van der Waals surface area contributed by atoms with Gasteiger partial charge in [-0.05, 0) is 61.9 Å². The van der Waals surface area contributed by atoms with Crippen LogP contribution in [0.25, 0.3) is 15.9 Å². The fourth-order valence-electron chi connectivity index (χ4n) is 4.29. The minimum Gasteiger partial charge on any atom is -0.497 e. The van der Waals surface area contributed by atoms with Crippen LogP contribution in [0.1, 0.15) is 28.8 Å². The molecule has 0 saturated heterocycles. The van der Waals surface area contributed by atoms with Gasteiger partial charge in [-0.3, -0.25) is 14.2 Å². The molecular weight excluding hydrogens is 466 g/mol. The summed E-state index contributed by atoms with van der Waals surface area (Å²) >= 11 is 2.88. The molecule has 5 rings (SSSR count). The molecule has 4 aromatic rings. The molecule has 2 aromatic heterocycles. The van der Waals surface area contributed by atoms with E-state index in [0.29, 0.717) is 16.6 Å². The second-order valence-corrected chi connectivity index (χ2v) is 10.3. The number of thioether (sulfide) groups is 1. The highest BCUT2D eigenvalue weighted by Gasteiger charge is 2.23. The zero-order chi connectivity index (χ0) is 23.7. The number of methoxy groups -OCH3 is 1. The van der Waals surface area contributed by atoms with Crippen molar-refractivity contribution < 1.29 is 9.53 Å². The zero-order valence-electron chi connectivity index (χ0n) is 19.1. The molecule has 0 aliphatic heterocycles. The lowest BCUT2D eigenvalue weighted by Gasteiger charge is -2.14. The fraction of sp³-hybridized carbons (Fsp3) is 0.269. The van der Waals surface area contributed by atoms with Crippen molar-refractivity contribution >= 4 is 44.9 Å². The van der Waals surface area contributed by atoms with Crippen LogP contribution in [0.5, 0.6) is 5.75 Å². The van der Waals surface area contributed by atoms with Gasteiger partial charge < -0.3 is 10.1 Å². The van der Waals surface area contributed by atoms with E-state index in [2.05, 4.69) is 5.32 Å². The number of amides is 1. The van der Waals surface area contributed by atoms with E-state index in [9.17, 15) is 9.59 Å². The van der Waals surface area contributed by atoms with E-state index in [0.717, 1.165) is 52.7 Å². The standard InChI is InChI=1S/C26H25N3O3S2/c1-16-8-3-5-12-20(16)27-22(30)15-33-26-28-24-23(19-11-4-6-13-21(19)34-24)25(31)29(26)17-9-7-10-18(14-17)32-2/h3,5,7-10,12,14H,4,6,11,13,15H2,1-2H3,(H,27,30). The first-order valence-electron chi connectivity index (χ1n) is 11.2. The number of nitrogens with one attached hydrogen (secondary N) is 1. The first-order chi connectivity index (χ1) is 16.5. The zero-order valence-corrected chi connectivity index (χ0v) is 20.7. The highest BCUT2D eigenvalue weighted by atomic mass is 32.2. The number of ether oxygens (including phenoxy) is 1. The average molecular weight is 492 g/mol. The van der Waals surface area contributed by atoms with E-state index < -0.39 is 0 Å². The number of anilines is 1. The summed E-state index contributed by atoms with van der Waals surface area (Å²) < 4.78 is 7.01. The molecule has 0 bridgehead atoms. The molecular formula is C26H25N3O3S2. The second-order valence-electron chi connectivity index (χ2n) is 8.28. The molecule has 0 radical (unpaired) electrons. The summed E-state index contributed by atoms with van der Waals surface area (Å²) in [5.41, 5.74) is 3.52. The smallest absolute Gasteiger partial charge is 0.267 e. The Bertz CT molecular complexity index is 1440. The van der Waals surface area contributed by atoms with E-state index in [4.69, 9.17) is 9.72 Å². The van der Waals surface area contributed by atoms with Gasteiger partial charge in [0.05, 0.1) is 23.9 Å². The molecule has 1 N–H and O–H groups in total. The van der Waals surface area contributed by atoms with Gasteiger partial charge in [0, 0.05) is 16.6 Å². The number of aryl methyl sites for hydroxylation is 3. The largest absolute Gasteiger partial charge is 0.497 e. The molecule has 0 unspecified atom stereocenters. The van der Waals surface area contributed by atoms with Crippen LogP contribution in [-0.4, -0.2) is 28.3 Å². The number of para-hydroxylation sites is 1. The first kappa shape index (κ1) is 22.7. The Hall–Kier alpha value is -3.10. The summed E-state index contributed by atoms with van der Waals surface area (Å²) in [6.07, 6.45) is 4.14. The number of rotatable bonds is 6. The Morgan fingerprint density at radius 1 is 1.18 bits per heavy atom. The van der Waals surface area contributed by atoms with Gasteiger partial charge in [-0.15, -0.1) is 11.3 Å². The van der Waals surface area contributed by atoms with Crippen molar-refractivity contribution in [1.29, 1.82) is 0 Å². The SMILES string of the molecule is COc1cccc(-n2c(SCC(=O)Nc3ccccc3C)nc3sc4c(c3c2=O)CCCC4)c1. The quantitative estimate of drug-likeness (QED) is 0.290. The Morgan fingerprint density at radius 2 is 2.00 bits per heavy atom. The monoisotopic (exact) mass is 491 g/mol. The number of carbonyl (C=O) groups is 1.